The number of sulfonamides is 1. The van der Waals surface area contributed by atoms with Crippen molar-refractivity contribution in [1.29, 1.82) is 0 Å². The number of rotatable bonds is 7. The van der Waals surface area contributed by atoms with Gasteiger partial charge in [-0.1, -0.05) is 24.3 Å². The van der Waals surface area contributed by atoms with Crippen LogP contribution in [-0.2, 0) is 47.7 Å². The van der Waals surface area contributed by atoms with E-state index in [1.807, 2.05) is 24.3 Å². The Bertz CT molecular complexity index is 1110. The Morgan fingerprint density at radius 2 is 1.53 bits per heavy atom. The van der Waals surface area contributed by atoms with Crippen LogP contribution in [0.15, 0.2) is 42.5 Å². The molecule has 1 N–H and O–H groups in total. The average Bonchev–Trinajstić information content (AvgIpc) is 3.14. The van der Waals surface area contributed by atoms with Crippen LogP contribution in [-0.4, -0.2) is 39.4 Å². The van der Waals surface area contributed by atoms with Crippen LogP contribution in [0.3, 0.4) is 0 Å². The van der Waals surface area contributed by atoms with Crippen LogP contribution in [0, 0.1) is 5.92 Å². The van der Waals surface area contributed by atoms with E-state index in [2.05, 4.69) is 4.72 Å². The zero-order valence-corrected chi connectivity index (χ0v) is 20.2. The Kier molecular flexibility index (Phi) is 8.44. The van der Waals surface area contributed by atoms with Gasteiger partial charge in [-0.3, -0.25) is 19.1 Å². The third-order valence-corrected chi connectivity index (χ3v) is 6.80. The zero-order chi connectivity index (χ0) is 24.7. The van der Waals surface area contributed by atoms with E-state index in [0.717, 1.165) is 24.8 Å². The number of ether oxygens (including phenoxy) is 2. The first-order valence-electron chi connectivity index (χ1n) is 11.3. The van der Waals surface area contributed by atoms with E-state index < -0.39 is 27.9 Å². The first-order chi connectivity index (χ1) is 16.2. The molecule has 0 radical (unpaired) electrons. The van der Waals surface area contributed by atoms with Crippen molar-refractivity contribution in [3.63, 3.8) is 0 Å². The Balaban J connectivity index is 0.000000243. The lowest BCUT2D eigenvalue weighted by molar-refractivity contribution is -0.161. The number of aryl methyl sites for hydroxylation is 2. The summed E-state index contributed by atoms with van der Waals surface area (Å²) >= 11 is 0. The number of ketones is 1. The molecule has 2 aliphatic heterocycles. The van der Waals surface area contributed by atoms with Crippen molar-refractivity contribution in [2.45, 2.75) is 45.3 Å². The Morgan fingerprint density at radius 1 is 0.912 bits per heavy atom. The van der Waals surface area contributed by atoms with Gasteiger partial charge in [0.25, 0.3) is 0 Å². The lowest BCUT2D eigenvalue weighted by Crippen LogP contribution is -2.30. The third kappa shape index (κ3) is 6.66. The van der Waals surface area contributed by atoms with E-state index >= 15 is 0 Å². The summed E-state index contributed by atoms with van der Waals surface area (Å²) in [6.45, 7) is 3.62. The third-order valence-electron chi connectivity index (χ3n) is 5.54. The number of anilines is 1. The maximum atomic E-state index is 12.5. The topological polar surface area (TPSA) is 116 Å². The fourth-order valence-corrected chi connectivity index (χ4v) is 5.10. The summed E-state index contributed by atoms with van der Waals surface area (Å²) in [5.41, 5.74) is 4.46. The highest BCUT2D eigenvalue weighted by molar-refractivity contribution is 7.91. The average molecular weight is 488 g/mol. The molecular weight excluding hydrogens is 458 g/mol. The fourth-order valence-electron chi connectivity index (χ4n) is 3.90. The van der Waals surface area contributed by atoms with Gasteiger partial charge in [-0.2, -0.15) is 0 Å². The minimum atomic E-state index is -3.10. The maximum absolute atomic E-state index is 12.5. The minimum absolute atomic E-state index is 0.0868. The van der Waals surface area contributed by atoms with Crippen molar-refractivity contribution in [2.24, 2.45) is 5.92 Å². The normalized spacial score (nSPS) is 14.8. The lowest BCUT2D eigenvalue weighted by atomic mass is 9.96. The summed E-state index contributed by atoms with van der Waals surface area (Å²) in [7, 11) is -3.10. The van der Waals surface area contributed by atoms with Crippen molar-refractivity contribution in [2.75, 3.05) is 17.9 Å². The van der Waals surface area contributed by atoms with Crippen LogP contribution in [0.4, 0.5) is 5.69 Å². The highest BCUT2D eigenvalue weighted by atomic mass is 32.2. The molecule has 0 unspecified atom stereocenters. The van der Waals surface area contributed by atoms with Crippen LogP contribution in [0.25, 0.3) is 0 Å². The molecule has 0 saturated heterocycles. The highest BCUT2D eigenvalue weighted by Gasteiger charge is 2.32. The Hall–Kier alpha value is -3.20. The molecule has 0 aromatic heterocycles. The van der Waals surface area contributed by atoms with Crippen molar-refractivity contribution in [3.05, 3.63) is 64.7 Å². The summed E-state index contributed by atoms with van der Waals surface area (Å²) in [5.74, 6) is -2.77. The minimum Gasteiger partial charge on any atom is -0.465 e. The monoisotopic (exact) mass is 487 g/mol. The maximum Gasteiger partial charge on any atom is 0.320 e. The first-order valence-corrected chi connectivity index (χ1v) is 12.9. The molecule has 2 aromatic carbocycles. The van der Waals surface area contributed by atoms with Gasteiger partial charge in [-0.25, -0.2) is 8.42 Å². The number of hydrogen-bond acceptors (Lipinski definition) is 7. The SMILES string of the molecule is CCOC(=O)C(CC(=O)c1ccc2c(c1)CCC2)C(=O)OCC.O=S1(=O)Cc2ccc(cc2)N1. The van der Waals surface area contributed by atoms with Gasteiger partial charge < -0.3 is 9.47 Å². The number of Topliss-reactive ketones (excluding diaryl/α,β-unsaturated/α-hetero) is 1. The lowest BCUT2D eigenvalue weighted by Gasteiger charge is -2.14. The first kappa shape index (κ1) is 25.4. The summed E-state index contributed by atoms with van der Waals surface area (Å²) in [4.78, 5) is 36.3. The van der Waals surface area contributed by atoms with Crippen LogP contribution < -0.4 is 4.72 Å². The van der Waals surface area contributed by atoms with Gasteiger partial charge in [0.05, 0.1) is 19.0 Å². The molecule has 8 nitrogen and oxygen atoms in total. The zero-order valence-electron chi connectivity index (χ0n) is 19.3. The summed E-state index contributed by atoms with van der Waals surface area (Å²) in [6, 6.07) is 12.7. The van der Waals surface area contributed by atoms with Gasteiger partial charge in [0.1, 0.15) is 0 Å². The summed E-state index contributed by atoms with van der Waals surface area (Å²) in [6.07, 6.45) is 2.88. The molecule has 0 amide bonds. The van der Waals surface area contributed by atoms with Crippen LogP contribution in [0.5, 0.6) is 0 Å². The molecule has 5 rings (SSSR count). The van der Waals surface area contributed by atoms with Crippen LogP contribution in [0.2, 0.25) is 0 Å². The van der Waals surface area contributed by atoms with Gasteiger partial charge in [-0.05, 0) is 68.0 Å². The van der Waals surface area contributed by atoms with Crippen molar-refractivity contribution in [3.8, 4) is 0 Å². The predicted octanol–water partition coefficient (Wildman–Crippen LogP) is 3.43. The molecular formula is C25H29NO7S. The van der Waals surface area contributed by atoms with Gasteiger partial charge in [0.15, 0.2) is 11.7 Å². The molecule has 0 saturated carbocycles. The summed E-state index contributed by atoms with van der Waals surface area (Å²) in [5, 5.41) is 0. The second-order valence-corrected chi connectivity index (χ2v) is 9.80. The molecule has 9 heteroatoms. The number of hydrogen-bond donors (Lipinski definition) is 1. The van der Waals surface area contributed by atoms with Crippen molar-refractivity contribution in [1.82, 2.24) is 0 Å². The molecule has 2 heterocycles. The van der Waals surface area contributed by atoms with E-state index in [4.69, 9.17) is 9.47 Å². The predicted molar refractivity (Wildman–Crippen MR) is 127 cm³/mol. The molecule has 1 aliphatic carbocycles. The largest absolute Gasteiger partial charge is 0.465 e. The van der Waals surface area contributed by atoms with E-state index in [1.54, 1.807) is 32.0 Å². The molecule has 0 fully saturated rings. The van der Waals surface area contributed by atoms with Crippen LogP contribution in [0.1, 0.15) is 53.7 Å². The Labute approximate surface area is 199 Å². The van der Waals surface area contributed by atoms with Crippen molar-refractivity contribution < 1.29 is 32.3 Å². The summed E-state index contributed by atoms with van der Waals surface area (Å²) < 4.78 is 34.4. The van der Waals surface area contributed by atoms with Gasteiger partial charge in [-0.15, -0.1) is 0 Å². The molecule has 0 spiro atoms. The van der Waals surface area contributed by atoms with E-state index in [9.17, 15) is 22.8 Å². The van der Waals surface area contributed by atoms with E-state index in [0.29, 0.717) is 11.3 Å². The number of benzene rings is 2. The molecule has 2 aromatic rings. The Morgan fingerprint density at radius 3 is 2.15 bits per heavy atom. The molecule has 182 valence electrons. The van der Waals surface area contributed by atoms with Crippen LogP contribution >= 0.6 is 0 Å². The van der Waals surface area contributed by atoms with Gasteiger partial charge >= 0.3 is 11.9 Å². The number of fused-ring (bicyclic) bond motifs is 5. The molecule has 2 bridgehead atoms. The second kappa shape index (κ2) is 11.3. The van der Waals surface area contributed by atoms with Crippen molar-refractivity contribution >= 4 is 33.4 Å². The van der Waals surface area contributed by atoms with Gasteiger partial charge in [0, 0.05) is 17.7 Å². The van der Waals surface area contributed by atoms with Gasteiger partial charge in [0.2, 0.25) is 10.0 Å². The smallest absolute Gasteiger partial charge is 0.320 e. The number of carbonyl (C=O) groups is 3. The van der Waals surface area contributed by atoms with E-state index in [1.165, 1.54) is 11.1 Å². The van der Waals surface area contributed by atoms with E-state index in [-0.39, 0.29) is 31.2 Å². The molecule has 3 aliphatic rings. The molecule has 34 heavy (non-hydrogen) atoms. The standard InChI is InChI=1S/C18H22O5.C7H7NO2S/c1-3-22-17(20)15(18(21)23-4-2)11-16(19)14-9-8-12-6-5-7-13(12)10-14;9-11(10)5-6-1-3-7(8-11)4-2-6/h8-10,15H,3-7,11H2,1-2H3;1-4,8H,5H2. The second-order valence-electron chi connectivity index (χ2n) is 8.08. The number of esters is 2. The quantitative estimate of drug-likeness (QED) is 0.361. The molecule has 0 atom stereocenters. The fraction of sp³-hybridized carbons (Fsp3) is 0.400. The highest BCUT2D eigenvalue weighted by Crippen LogP contribution is 2.24. The number of carbonyl (C=O) groups excluding carboxylic acids is 3. The number of nitrogens with one attached hydrogen (secondary N) is 1.